The van der Waals surface area contributed by atoms with Gasteiger partial charge in [0, 0.05) is 12.1 Å². The summed E-state index contributed by atoms with van der Waals surface area (Å²) in [5.41, 5.74) is 6.61. The summed E-state index contributed by atoms with van der Waals surface area (Å²) in [6.07, 6.45) is 0.782. The molecule has 1 aromatic carbocycles. The number of rotatable bonds is 7. The second-order valence-electron chi connectivity index (χ2n) is 5.70. The minimum atomic E-state index is -0.620. The van der Waals surface area contributed by atoms with E-state index in [4.69, 9.17) is 5.73 Å². The highest BCUT2D eigenvalue weighted by atomic mass is 19.1. The van der Waals surface area contributed by atoms with Crippen molar-refractivity contribution in [3.63, 3.8) is 0 Å². The first kappa shape index (κ1) is 16.1. The molecular formula is C16H27FN2. The van der Waals surface area contributed by atoms with Crippen molar-refractivity contribution in [2.24, 2.45) is 11.7 Å². The Morgan fingerprint density at radius 2 is 1.79 bits per heavy atom. The van der Waals surface area contributed by atoms with E-state index in [0.29, 0.717) is 18.0 Å². The van der Waals surface area contributed by atoms with Gasteiger partial charge in [-0.3, -0.25) is 0 Å². The van der Waals surface area contributed by atoms with E-state index < -0.39 is 5.54 Å². The van der Waals surface area contributed by atoms with Crippen LogP contribution in [0, 0.1) is 11.7 Å². The fraction of sp³-hybridized carbons (Fsp3) is 0.625. The zero-order valence-electron chi connectivity index (χ0n) is 12.6. The first-order valence-electron chi connectivity index (χ1n) is 7.19. The van der Waals surface area contributed by atoms with E-state index in [9.17, 15) is 4.39 Å². The second-order valence-corrected chi connectivity index (χ2v) is 5.70. The molecule has 0 aliphatic rings. The predicted octanol–water partition coefficient (Wildman–Crippen LogP) is 3.37. The van der Waals surface area contributed by atoms with Gasteiger partial charge in [-0.1, -0.05) is 45.9 Å². The summed E-state index contributed by atoms with van der Waals surface area (Å²) in [4.78, 5) is 2.26. The van der Waals surface area contributed by atoms with E-state index in [1.807, 2.05) is 12.1 Å². The molecule has 19 heavy (non-hydrogen) atoms. The average molecular weight is 266 g/mol. The molecule has 0 radical (unpaired) electrons. The molecule has 0 heterocycles. The van der Waals surface area contributed by atoms with Crippen LogP contribution < -0.4 is 5.73 Å². The maximum Gasteiger partial charge on any atom is 0.128 e. The molecule has 108 valence electrons. The lowest BCUT2D eigenvalue weighted by Gasteiger charge is -2.36. The van der Waals surface area contributed by atoms with E-state index in [0.717, 1.165) is 19.5 Å². The first-order valence-corrected chi connectivity index (χ1v) is 7.19. The maximum absolute atomic E-state index is 14.1. The van der Waals surface area contributed by atoms with Crippen LogP contribution in [0.4, 0.5) is 4.39 Å². The highest BCUT2D eigenvalue weighted by Crippen LogP contribution is 2.29. The summed E-state index contributed by atoms with van der Waals surface area (Å²) in [6.45, 7) is 11.0. The lowest BCUT2D eigenvalue weighted by Crippen LogP contribution is -2.49. The van der Waals surface area contributed by atoms with Crippen LogP contribution in [-0.2, 0) is 5.54 Å². The lowest BCUT2D eigenvalue weighted by molar-refractivity contribution is 0.199. The molecule has 1 aromatic rings. The van der Waals surface area contributed by atoms with Crippen molar-refractivity contribution in [2.75, 3.05) is 19.6 Å². The Morgan fingerprint density at radius 1 is 1.21 bits per heavy atom. The monoisotopic (exact) mass is 266 g/mol. The van der Waals surface area contributed by atoms with Crippen LogP contribution in [0.25, 0.3) is 0 Å². The van der Waals surface area contributed by atoms with Gasteiger partial charge in [-0.25, -0.2) is 4.39 Å². The molecule has 0 saturated heterocycles. The smallest absolute Gasteiger partial charge is 0.128 e. The molecule has 0 amide bonds. The van der Waals surface area contributed by atoms with Gasteiger partial charge >= 0.3 is 0 Å². The molecule has 0 aliphatic heterocycles. The van der Waals surface area contributed by atoms with E-state index in [2.05, 4.69) is 32.6 Å². The van der Waals surface area contributed by atoms with E-state index in [-0.39, 0.29) is 5.82 Å². The molecule has 1 rings (SSSR count). The van der Waals surface area contributed by atoms with E-state index in [1.54, 1.807) is 6.07 Å². The summed E-state index contributed by atoms with van der Waals surface area (Å²) in [5.74, 6) is 0.234. The van der Waals surface area contributed by atoms with Gasteiger partial charge in [0.15, 0.2) is 0 Å². The van der Waals surface area contributed by atoms with Crippen LogP contribution in [0.15, 0.2) is 24.3 Å². The largest absolute Gasteiger partial charge is 0.320 e. The summed E-state index contributed by atoms with van der Waals surface area (Å²) in [6, 6.07) is 6.90. The van der Waals surface area contributed by atoms with Crippen LogP contribution in [0.2, 0.25) is 0 Å². The molecule has 1 atom stereocenters. The summed E-state index contributed by atoms with van der Waals surface area (Å²) >= 11 is 0. The molecule has 0 aliphatic carbocycles. The van der Waals surface area contributed by atoms with Crippen molar-refractivity contribution in [3.8, 4) is 0 Å². The van der Waals surface area contributed by atoms with Gasteiger partial charge in [-0.05, 0) is 31.5 Å². The van der Waals surface area contributed by atoms with Crippen LogP contribution >= 0.6 is 0 Å². The number of halogens is 1. The van der Waals surface area contributed by atoms with Crippen LogP contribution in [0.1, 0.15) is 39.7 Å². The number of nitrogens with zero attached hydrogens (tertiary/aromatic N) is 1. The third-order valence-corrected chi connectivity index (χ3v) is 3.58. The third-order valence-electron chi connectivity index (χ3n) is 3.58. The van der Waals surface area contributed by atoms with Crippen molar-refractivity contribution in [1.29, 1.82) is 0 Å². The van der Waals surface area contributed by atoms with Crippen molar-refractivity contribution in [3.05, 3.63) is 35.6 Å². The van der Waals surface area contributed by atoms with Crippen molar-refractivity contribution in [1.82, 2.24) is 4.90 Å². The minimum Gasteiger partial charge on any atom is -0.320 e. The maximum atomic E-state index is 14.1. The normalized spacial score (nSPS) is 14.9. The Bertz CT molecular complexity index is 388. The molecule has 0 bridgehead atoms. The highest BCUT2D eigenvalue weighted by Gasteiger charge is 2.32. The van der Waals surface area contributed by atoms with Crippen LogP contribution in [-0.4, -0.2) is 24.5 Å². The van der Waals surface area contributed by atoms with Gasteiger partial charge in [-0.2, -0.15) is 0 Å². The molecular weight excluding hydrogens is 239 g/mol. The molecule has 0 saturated carbocycles. The SMILES string of the molecule is CCN(CC)CC(N)(CC(C)C)c1ccccc1F. The fourth-order valence-corrected chi connectivity index (χ4v) is 2.70. The molecule has 3 heteroatoms. The highest BCUT2D eigenvalue weighted by molar-refractivity contribution is 5.26. The van der Waals surface area contributed by atoms with E-state index >= 15 is 0 Å². The lowest BCUT2D eigenvalue weighted by atomic mass is 9.82. The number of benzene rings is 1. The Kier molecular flexibility index (Phi) is 5.95. The number of nitrogens with two attached hydrogens (primary N) is 1. The van der Waals surface area contributed by atoms with Gasteiger partial charge in [-0.15, -0.1) is 0 Å². The predicted molar refractivity (Wildman–Crippen MR) is 79.5 cm³/mol. The Balaban J connectivity index is 3.08. The van der Waals surface area contributed by atoms with Crippen molar-refractivity contribution in [2.45, 2.75) is 39.7 Å². The molecule has 1 unspecified atom stereocenters. The summed E-state index contributed by atoms with van der Waals surface area (Å²) < 4.78 is 14.1. The zero-order valence-corrected chi connectivity index (χ0v) is 12.6. The van der Waals surface area contributed by atoms with Crippen molar-refractivity contribution >= 4 is 0 Å². The van der Waals surface area contributed by atoms with Gasteiger partial charge in [0.1, 0.15) is 5.82 Å². The average Bonchev–Trinajstić information content (AvgIpc) is 2.35. The Morgan fingerprint density at radius 3 is 2.26 bits per heavy atom. The number of hydrogen-bond acceptors (Lipinski definition) is 2. The topological polar surface area (TPSA) is 29.3 Å². The summed E-state index contributed by atoms with van der Waals surface area (Å²) in [7, 11) is 0. The van der Waals surface area contributed by atoms with Gasteiger partial charge < -0.3 is 10.6 Å². The van der Waals surface area contributed by atoms with Gasteiger partial charge in [0.2, 0.25) is 0 Å². The third kappa shape index (κ3) is 4.29. The Labute approximate surface area is 116 Å². The molecule has 0 aromatic heterocycles. The van der Waals surface area contributed by atoms with Crippen molar-refractivity contribution < 1.29 is 4.39 Å². The van der Waals surface area contributed by atoms with Gasteiger partial charge in [0.05, 0.1) is 5.54 Å². The van der Waals surface area contributed by atoms with E-state index in [1.165, 1.54) is 6.07 Å². The fourth-order valence-electron chi connectivity index (χ4n) is 2.70. The van der Waals surface area contributed by atoms with Gasteiger partial charge in [0.25, 0.3) is 0 Å². The van der Waals surface area contributed by atoms with Crippen LogP contribution in [0.3, 0.4) is 0 Å². The quantitative estimate of drug-likeness (QED) is 0.820. The molecule has 0 fully saturated rings. The number of likely N-dealkylation sites (N-methyl/N-ethyl adjacent to an activating group) is 1. The van der Waals surface area contributed by atoms with Crippen LogP contribution in [0.5, 0.6) is 0 Å². The minimum absolute atomic E-state index is 0.196. The molecule has 2 N–H and O–H groups in total. The standard InChI is InChI=1S/C16H27FN2/c1-5-19(6-2)12-16(18,11-13(3)4)14-9-7-8-10-15(14)17/h7-10,13H,5-6,11-12,18H2,1-4H3. The number of hydrogen-bond donors (Lipinski definition) is 1. The first-order chi connectivity index (χ1) is 8.92. The summed E-state index contributed by atoms with van der Waals surface area (Å²) in [5, 5.41) is 0. The Hall–Kier alpha value is -0.930. The molecule has 2 nitrogen and oxygen atoms in total. The second kappa shape index (κ2) is 7.01. The zero-order chi connectivity index (χ0) is 14.5. The molecule has 0 spiro atoms.